The molecular formula is C24H30N2O4S. The average Bonchev–Trinajstić information content (AvgIpc) is 2.77. The highest BCUT2D eigenvalue weighted by Crippen LogP contribution is 2.23. The Labute approximate surface area is 185 Å². The Hall–Kier alpha value is -2.64. The van der Waals surface area contributed by atoms with E-state index in [0.29, 0.717) is 26.1 Å². The maximum Gasteiger partial charge on any atom is 0.246 e. The van der Waals surface area contributed by atoms with Gasteiger partial charge in [-0.2, -0.15) is 0 Å². The molecule has 7 heteroatoms. The van der Waals surface area contributed by atoms with Gasteiger partial charge in [0.05, 0.1) is 6.26 Å². The van der Waals surface area contributed by atoms with E-state index in [1.807, 2.05) is 59.5 Å². The third-order valence-electron chi connectivity index (χ3n) is 5.31. The van der Waals surface area contributed by atoms with Gasteiger partial charge in [0.15, 0.2) is 0 Å². The first-order chi connectivity index (χ1) is 14.9. The van der Waals surface area contributed by atoms with Crippen molar-refractivity contribution in [2.45, 2.75) is 38.3 Å². The van der Waals surface area contributed by atoms with Gasteiger partial charge in [-0.15, -0.1) is 0 Å². The lowest BCUT2D eigenvalue weighted by Crippen LogP contribution is -2.44. The van der Waals surface area contributed by atoms with E-state index >= 15 is 0 Å². The zero-order chi connectivity index (χ0) is 22.1. The van der Waals surface area contributed by atoms with Gasteiger partial charge in [0.1, 0.15) is 12.4 Å². The minimum atomic E-state index is -3.22. The number of hydrogen-bond acceptors (Lipinski definition) is 4. The van der Waals surface area contributed by atoms with Crippen LogP contribution in [0.25, 0.3) is 6.08 Å². The summed E-state index contributed by atoms with van der Waals surface area (Å²) in [4.78, 5) is 14.8. The van der Waals surface area contributed by atoms with Crippen molar-refractivity contribution < 1.29 is 17.9 Å². The van der Waals surface area contributed by atoms with Crippen molar-refractivity contribution in [3.05, 3.63) is 71.8 Å². The molecule has 2 aromatic rings. The van der Waals surface area contributed by atoms with Crippen LogP contribution >= 0.6 is 0 Å². The minimum Gasteiger partial charge on any atom is -0.488 e. The lowest BCUT2D eigenvalue weighted by Gasteiger charge is -2.35. The highest BCUT2D eigenvalue weighted by atomic mass is 32.2. The van der Waals surface area contributed by atoms with Crippen LogP contribution in [0.4, 0.5) is 0 Å². The zero-order valence-corrected chi connectivity index (χ0v) is 18.7. The lowest BCUT2D eigenvalue weighted by atomic mass is 9.99. The maximum atomic E-state index is 12.9. The second kappa shape index (κ2) is 11.1. The Morgan fingerprint density at radius 3 is 2.65 bits per heavy atom. The Balaban J connectivity index is 1.62. The van der Waals surface area contributed by atoms with Crippen LogP contribution in [0, 0.1) is 0 Å². The van der Waals surface area contributed by atoms with Crippen LogP contribution < -0.4 is 9.46 Å². The molecule has 6 nitrogen and oxygen atoms in total. The molecule has 166 valence electrons. The fourth-order valence-electron chi connectivity index (χ4n) is 3.74. The number of carbonyl (C=O) groups is 1. The number of amides is 1. The Kier molecular flexibility index (Phi) is 8.26. The smallest absolute Gasteiger partial charge is 0.246 e. The van der Waals surface area contributed by atoms with Crippen molar-refractivity contribution in [2.75, 3.05) is 19.3 Å². The van der Waals surface area contributed by atoms with Crippen molar-refractivity contribution in [1.82, 2.24) is 9.62 Å². The van der Waals surface area contributed by atoms with Gasteiger partial charge in [-0.05, 0) is 43.4 Å². The quantitative estimate of drug-likeness (QED) is 0.602. The Bertz CT molecular complexity index is 990. The number of piperidine rings is 1. The number of carbonyl (C=O) groups excluding carboxylic acids is 1. The number of nitrogens with one attached hydrogen (secondary N) is 1. The highest BCUT2D eigenvalue weighted by molar-refractivity contribution is 7.88. The topological polar surface area (TPSA) is 75.7 Å². The number of para-hydroxylation sites is 1. The molecule has 0 spiro atoms. The minimum absolute atomic E-state index is 0.0460. The van der Waals surface area contributed by atoms with E-state index in [0.717, 1.165) is 42.4 Å². The predicted molar refractivity (Wildman–Crippen MR) is 123 cm³/mol. The molecule has 2 aromatic carbocycles. The standard InChI is InChI=1S/C24H30N2O4S/c1-31(28,29)25-17-16-22-12-7-8-18-26(22)24(27)15-14-21-11-5-6-13-23(21)30-19-20-9-3-2-4-10-20/h2-6,9-11,13-15,22,25H,7-8,12,16-19H2,1H3/b15-14+. The SMILES string of the molecule is CS(=O)(=O)NCCC1CCCCN1C(=O)/C=C/c1ccccc1OCc1ccccc1. The van der Waals surface area contributed by atoms with Crippen LogP contribution in [0.2, 0.25) is 0 Å². The number of nitrogens with zero attached hydrogens (tertiary/aromatic N) is 1. The summed E-state index contributed by atoms with van der Waals surface area (Å²) in [5.41, 5.74) is 1.93. The summed E-state index contributed by atoms with van der Waals surface area (Å²) >= 11 is 0. The molecule has 1 atom stereocenters. The normalized spacial score (nSPS) is 17.1. The lowest BCUT2D eigenvalue weighted by molar-refractivity contribution is -0.129. The summed E-state index contributed by atoms with van der Waals surface area (Å²) in [6.45, 7) is 1.49. The highest BCUT2D eigenvalue weighted by Gasteiger charge is 2.25. The van der Waals surface area contributed by atoms with E-state index in [1.54, 1.807) is 12.2 Å². The van der Waals surface area contributed by atoms with Crippen molar-refractivity contribution >= 4 is 22.0 Å². The number of hydrogen-bond donors (Lipinski definition) is 1. The van der Waals surface area contributed by atoms with Crippen molar-refractivity contribution in [3.63, 3.8) is 0 Å². The average molecular weight is 443 g/mol. The van der Waals surface area contributed by atoms with Gasteiger partial charge >= 0.3 is 0 Å². The summed E-state index contributed by atoms with van der Waals surface area (Å²) in [6.07, 6.45) is 8.05. The zero-order valence-electron chi connectivity index (χ0n) is 17.9. The van der Waals surface area contributed by atoms with Crippen LogP contribution in [0.3, 0.4) is 0 Å². The van der Waals surface area contributed by atoms with Gasteiger partial charge in [0, 0.05) is 30.8 Å². The van der Waals surface area contributed by atoms with Crippen molar-refractivity contribution in [2.24, 2.45) is 0 Å². The first kappa shape index (κ1) is 23.0. The summed E-state index contributed by atoms with van der Waals surface area (Å²) in [5, 5.41) is 0. The van der Waals surface area contributed by atoms with E-state index in [1.165, 1.54) is 0 Å². The van der Waals surface area contributed by atoms with E-state index in [-0.39, 0.29) is 11.9 Å². The fourth-order valence-corrected chi connectivity index (χ4v) is 4.23. The summed E-state index contributed by atoms with van der Waals surface area (Å²) in [7, 11) is -3.22. The molecule has 0 bridgehead atoms. The molecule has 1 N–H and O–H groups in total. The molecule has 31 heavy (non-hydrogen) atoms. The molecule has 0 aromatic heterocycles. The molecule has 0 aliphatic carbocycles. The third kappa shape index (κ3) is 7.52. The van der Waals surface area contributed by atoms with Gasteiger partial charge in [0.25, 0.3) is 0 Å². The van der Waals surface area contributed by atoms with Gasteiger partial charge in [-0.1, -0.05) is 48.5 Å². The Morgan fingerprint density at radius 1 is 1.13 bits per heavy atom. The molecule has 1 amide bonds. The number of likely N-dealkylation sites (tertiary alicyclic amines) is 1. The summed E-state index contributed by atoms with van der Waals surface area (Å²) < 4.78 is 31.1. The van der Waals surface area contributed by atoms with Crippen LogP contribution in [-0.2, 0) is 21.4 Å². The first-order valence-corrected chi connectivity index (χ1v) is 12.5. The van der Waals surface area contributed by atoms with E-state index in [4.69, 9.17) is 4.74 Å². The molecule has 3 rings (SSSR count). The fraction of sp³-hybridized carbons (Fsp3) is 0.375. The van der Waals surface area contributed by atoms with Gasteiger partial charge in [0.2, 0.25) is 15.9 Å². The molecular weight excluding hydrogens is 412 g/mol. The van der Waals surface area contributed by atoms with Crippen LogP contribution in [0.5, 0.6) is 5.75 Å². The summed E-state index contributed by atoms with van der Waals surface area (Å²) in [5.74, 6) is 0.671. The first-order valence-electron chi connectivity index (χ1n) is 10.6. The van der Waals surface area contributed by atoms with Crippen LogP contribution in [0.15, 0.2) is 60.7 Å². The molecule has 1 fully saturated rings. The molecule has 0 saturated carbocycles. The maximum absolute atomic E-state index is 12.9. The van der Waals surface area contributed by atoms with E-state index < -0.39 is 10.0 Å². The summed E-state index contributed by atoms with van der Waals surface area (Å²) in [6, 6.07) is 17.6. The second-order valence-corrected chi connectivity index (χ2v) is 9.61. The van der Waals surface area contributed by atoms with Crippen LogP contribution in [0.1, 0.15) is 36.8 Å². The van der Waals surface area contributed by atoms with Gasteiger partial charge in [-0.25, -0.2) is 13.1 Å². The van der Waals surface area contributed by atoms with Crippen LogP contribution in [-0.4, -0.2) is 44.6 Å². The molecule has 1 unspecified atom stereocenters. The van der Waals surface area contributed by atoms with Gasteiger partial charge < -0.3 is 9.64 Å². The monoisotopic (exact) mass is 442 g/mol. The number of rotatable bonds is 9. The molecule has 1 aliphatic rings. The largest absolute Gasteiger partial charge is 0.488 e. The number of sulfonamides is 1. The third-order valence-corrected chi connectivity index (χ3v) is 6.04. The molecule has 1 saturated heterocycles. The number of ether oxygens (including phenoxy) is 1. The van der Waals surface area contributed by atoms with E-state index in [2.05, 4.69) is 4.72 Å². The predicted octanol–water partition coefficient (Wildman–Crippen LogP) is 3.60. The molecule has 0 radical (unpaired) electrons. The second-order valence-electron chi connectivity index (χ2n) is 7.78. The molecule has 1 heterocycles. The number of benzene rings is 2. The van der Waals surface area contributed by atoms with Gasteiger partial charge in [-0.3, -0.25) is 4.79 Å². The van der Waals surface area contributed by atoms with E-state index in [9.17, 15) is 13.2 Å². The van der Waals surface area contributed by atoms with Crippen molar-refractivity contribution in [1.29, 1.82) is 0 Å². The Morgan fingerprint density at radius 2 is 1.87 bits per heavy atom. The van der Waals surface area contributed by atoms with Crippen molar-refractivity contribution in [3.8, 4) is 5.75 Å². The molecule has 1 aliphatic heterocycles.